The van der Waals surface area contributed by atoms with Crippen LogP contribution in [0.4, 0.5) is 5.69 Å². The van der Waals surface area contributed by atoms with Crippen LogP contribution in [0.3, 0.4) is 0 Å². The Balaban J connectivity index is 2.51. The van der Waals surface area contributed by atoms with Crippen molar-refractivity contribution in [1.29, 1.82) is 0 Å². The fourth-order valence-corrected chi connectivity index (χ4v) is 1.45. The molecule has 0 aliphatic rings. The molecule has 0 aliphatic carbocycles. The minimum absolute atomic E-state index is 0.0230. The third-order valence-electron chi connectivity index (χ3n) is 2.54. The molecule has 1 atom stereocenters. The molecule has 1 aromatic rings. The van der Waals surface area contributed by atoms with Gasteiger partial charge in [-0.05, 0) is 17.7 Å². The predicted octanol–water partition coefficient (Wildman–Crippen LogP) is 0.179. The molecular weight excluding hydrogens is 264 g/mol. The second-order valence-corrected chi connectivity index (χ2v) is 4.01. The highest BCUT2D eigenvalue weighted by Crippen LogP contribution is 2.17. The Hall–Kier alpha value is -2.19. The number of hydrogen-bond acceptors (Lipinski definition) is 5. The van der Waals surface area contributed by atoms with Crippen LogP contribution < -0.4 is 11.1 Å². The summed E-state index contributed by atoms with van der Waals surface area (Å²) in [6.45, 7) is 1.10. The van der Waals surface area contributed by atoms with Crippen LogP contribution in [-0.4, -0.2) is 42.8 Å². The fraction of sp³-hybridized carbons (Fsp3) is 0.417. The van der Waals surface area contributed by atoms with Crippen LogP contribution >= 0.6 is 0 Å². The van der Waals surface area contributed by atoms with E-state index in [4.69, 9.17) is 10.5 Å². The van der Waals surface area contributed by atoms with E-state index in [1.807, 2.05) is 0 Å². The molecule has 20 heavy (non-hydrogen) atoms. The van der Waals surface area contributed by atoms with Crippen molar-refractivity contribution < 1.29 is 14.8 Å². The van der Waals surface area contributed by atoms with Crippen molar-refractivity contribution in [2.45, 2.75) is 6.10 Å². The summed E-state index contributed by atoms with van der Waals surface area (Å²) in [5.74, 6) is 0.211. The first-order chi connectivity index (χ1) is 9.54. The summed E-state index contributed by atoms with van der Waals surface area (Å²) in [6.07, 6.45) is -0.862. The van der Waals surface area contributed by atoms with Gasteiger partial charge in [-0.25, -0.2) is 0 Å². The Morgan fingerprint density at radius 1 is 1.55 bits per heavy atom. The highest BCUT2D eigenvalue weighted by molar-refractivity contribution is 5.77. The third-order valence-corrected chi connectivity index (χ3v) is 2.54. The SMILES string of the molecule is COCCNC(N)=NCC(O)c1ccc([N+](=O)[O-])cc1. The number of guanidine groups is 1. The summed E-state index contributed by atoms with van der Waals surface area (Å²) >= 11 is 0. The Morgan fingerprint density at radius 3 is 2.75 bits per heavy atom. The lowest BCUT2D eigenvalue weighted by molar-refractivity contribution is -0.384. The maximum atomic E-state index is 10.5. The lowest BCUT2D eigenvalue weighted by Gasteiger charge is -2.09. The van der Waals surface area contributed by atoms with Gasteiger partial charge in [-0.2, -0.15) is 0 Å². The lowest BCUT2D eigenvalue weighted by atomic mass is 10.1. The maximum Gasteiger partial charge on any atom is 0.269 e. The Labute approximate surface area is 116 Å². The van der Waals surface area contributed by atoms with Crippen molar-refractivity contribution in [3.63, 3.8) is 0 Å². The van der Waals surface area contributed by atoms with Crippen LogP contribution in [-0.2, 0) is 4.74 Å². The topological polar surface area (TPSA) is 123 Å². The number of nitrogens with two attached hydrogens (primary N) is 1. The predicted molar refractivity (Wildman–Crippen MR) is 74.4 cm³/mol. The molecule has 0 fully saturated rings. The van der Waals surface area contributed by atoms with Crippen LogP contribution in [0, 0.1) is 10.1 Å². The maximum absolute atomic E-state index is 10.5. The Kier molecular flexibility index (Phi) is 6.41. The Morgan fingerprint density at radius 2 is 2.20 bits per heavy atom. The molecule has 8 heteroatoms. The summed E-state index contributed by atoms with van der Waals surface area (Å²) in [5, 5.41) is 23.2. The fourth-order valence-electron chi connectivity index (χ4n) is 1.45. The molecule has 1 unspecified atom stereocenters. The standard InChI is InChI=1S/C12H18N4O4/c1-20-7-6-14-12(13)15-8-11(17)9-2-4-10(5-3-9)16(18)19/h2-5,11,17H,6-8H2,1H3,(H3,13,14,15). The van der Waals surface area contributed by atoms with Crippen molar-refractivity contribution in [2.75, 3.05) is 26.8 Å². The van der Waals surface area contributed by atoms with Crippen LogP contribution in [0.2, 0.25) is 0 Å². The number of nitrogens with zero attached hydrogens (tertiary/aromatic N) is 2. The summed E-state index contributed by atoms with van der Waals surface area (Å²) in [6, 6.07) is 5.66. The third kappa shape index (κ3) is 5.21. The molecule has 0 amide bonds. The molecule has 110 valence electrons. The van der Waals surface area contributed by atoms with Gasteiger partial charge in [0.1, 0.15) is 0 Å². The van der Waals surface area contributed by atoms with E-state index < -0.39 is 11.0 Å². The van der Waals surface area contributed by atoms with E-state index in [2.05, 4.69) is 10.3 Å². The largest absolute Gasteiger partial charge is 0.386 e. The highest BCUT2D eigenvalue weighted by atomic mass is 16.6. The molecular formula is C12H18N4O4. The van der Waals surface area contributed by atoms with Gasteiger partial charge in [-0.1, -0.05) is 0 Å². The molecule has 8 nitrogen and oxygen atoms in total. The first kappa shape index (κ1) is 15.9. The second kappa shape index (κ2) is 8.08. The summed E-state index contributed by atoms with van der Waals surface area (Å²) in [4.78, 5) is 14.0. The second-order valence-electron chi connectivity index (χ2n) is 4.01. The zero-order chi connectivity index (χ0) is 15.0. The zero-order valence-electron chi connectivity index (χ0n) is 11.2. The van der Waals surface area contributed by atoms with Gasteiger partial charge in [0.2, 0.25) is 0 Å². The first-order valence-electron chi connectivity index (χ1n) is 5.99. The van der Waals surface area contributed by atoms with Crippen LogP contribution in [0.1, 0.15) is 11.7 Å². The van der Waals surface area contributed by atoms with Gasteiger partial charge in [0.15, 0.2) is 5.96 Å². The number of aliphatic hydroxyl groups is 1. The van der Waals surface area contributed by atoms with Gasteiger partial charge in [0.25, 0.3) is 5.69 Å². The summed E-state index contributed by atoms with van der Waals surface area (Å²) < 4.78 is 4.84. The summed E-state index contributed by atoms with van der Waals surface area (Å²) in [7, 11) is 1.58. The average molecular weight is 282 g/mol. The van der Waals surface area contributed by atoms with Gasteiger partial charge in [-0.3, -0.25) is 15.1 Å². The van der Waals surface area contributed by atoms with Crippen molar-refractivity contribution in [2.24, 2.45) is 10.7 Å². The molecule has 0 radical (unpaired) electrons. The highest BCUT2D eigenvalue weighted by Gasteiger charge is 2.10. The number of methoxy groups -OCH3 is 1. The van der Waals surface area contributed by atoms with Crippen molar-refractivity contribution >= 4 is 11.6 Å². The van der Waals surface area contributed by atoms with E-state index in [9.17, 15) is 15.2 Å². The molecule has 4 N–H and O–H groups in total. The van der Waals surface area contributed by atoms with E-state index in [0.29, 0.717) is 18.7 Å². The number of ether oxygens (including phenoxy) is 1. The normalized spacial score (nSPS) is 13.0. The average Bonchev–Trinajstić information content (AvgIpc) is 2.45. The molecule has 0 aromatic heterocycles. The van der Waals surface area contributed by atoms with Crippen molar-refractivity contribution in [3.8, 4) is 0 Å². The molecule has 0 aliphatic heterocycles. The molecule has 0 heterocycles. The van der Waals surface area contributed by atoms with Gasteiger partial charge in [0, 0.05) is 25.8 Å². The lowest BCUT2D eigenvalue weighted by Crippen LogP contribution is -2.34. The van der Waals surface area contributed by atoms with Gasteiger partial charge in [-0.15, -0.1) is 0 Å². The zero-order valence-corrected chi connectivity index (χ0v) is 11.2. The monoisotopic (exact) mass is 282 g/mol. The molecule has 0 bridgehead atoms. The molecule has 0 spiro atoms. The number of aliphatic imine (C=N–C) groups is 1. The number of rotatable bonds is 7. The first-order valence-corrected chi connectivity index (χ1v) is 5.99. The Bertz CT molecular complexity index is 461. The quantitative estimate of drug-likeness (QED) is 0.215. The van der Waals surface area contributed by atoms with E-state index >= 15 is 0 Å². The molecule has 1 aromatic carbocycles. The van der Waals surface area contributed by atoms with E-state index in [1.165, 1.54) is 24.3 Å². The minimum Gasteiger partial charge on any atom is -0.386 e. The molecule has 0 saturated carbocycles. The van der Waals surface area contributed by atoms with Crippen LogP contribution in [0.5, 0.6) is 0 Å². The number of non-ortho nitro benzene ring substituents is 1. The number of nitro groups is 1. The van der Waals surface area contributed by atoms with Gasteiger partial charge < -0.3 is 20.9 Å². The van der Waals surface area contributed by atoms with Crippen LogP contribution in [0.15, 0.2) is 29.3 Å². The minimum atomic E-state index is -0.862. The number of aliphatic hydroxyl groups excluding tert-OH is 1. The van der Waals surface area contributed by atoms with Crippen molar-refractivity contribution in [3.05, 3.63) is 39.9 Å². The van der Waals surface area contributed by atoms with E-state index in [0.717, 1.165) is 0 Å². The van der Waals surface area contributed by atoms with E-state index in [1.54, 1.807) is 7.11 Å². The smallest absolute Gasteiger partial charge is 0.269 e. The number of benzene rings is 1. The van der Waals surface area contributed by atoms with Crippen molar-refractivity contribution in [1.82, 2.24) is 5.32 Å². The number of nitrogens with one attached hydrogen (secondary N) is 1. The molecule has 1 rings (SSSR count). The van der Waals surface area contributed by atoms with Gasteiger partial charge >= 0.3 is 0 Å². The number of nitro benzene ring substituents is 1. The number of hydrogen-bond donors (Lipinski definition) is 3. The summed E-state index contributed by atoms with van der Waals surface area (Å²) in [5.41, 5.74) is 6.11. The van der Waals surface area contributed by atoms with Crippen LogP contribution in [0.25, 0.3) is 0 Å². The van der Waals surface area contributed by atoms with Gasteiger partial charge in [0.05, 0.1) is 24.2 Å². The molecule has 0 saturated heterocycles. The van der Waals surface area contributed by atoms with E-state index in [-0.39, 0.29) is 18.2 Å².